The van der Waals surface area contributed by atoms with E-state index in [1.165, 1.54) is 12.1 Å². The number of amides is 1. The van der Waals surface area contributed by atoms with E-state index in [-0.39, 0.29) is 10.8 Å². The van der Waals surface area contributed by atoms with Gasteiger partial charge in [0.05, 0.1) is 4.90 Å². The lowest BCUT2D eigenvalue weighted by molar-refractivity contribution is 0.0752. The molecular weight excluding hydrogens is 440 g/mol. The Hall–Kier alpha value is -3.52. The molecule has 0 saturated heterocycles. The van der Waals surface area contributed by atoms with Crippen molar-refractivity contribution in [1.29, 1.82) is 0 Å². The number of hydrogen-bond acceptors (Lipinski definition) is 5. The predicted molar refractivity (Wildman–Crippen MR) is 126 cm³/mol. The number of fused-ring (bicyclic) bond motifs is 1. The minimum atomic E-state index is -3.75. The second-order valence-electron chi connectivity index (χ2n) is 7.79. The molecule has 4 rings (SSSR count). The number of hydrogen-bond donors (Lipinski definition) is 1. The van der Waals surface area contributed by atoms with E-state index in [9.17, 15) is 13.2 Å². The lowest BCUT2D eigenvalue weighted by atomic mass is 10.1. The normalized spacial score (nSPS) is 12.8. The van der Waals surface area contributed by atoms with Crippen LogP contribution in [0.15, 0.2) is 71.6 Å². The first-order valence-corrected chi connectivity index (χ1v) is 12.2. The molecule has 0 atom stereocenters. The molecule has 0 bridgehead atoms. The molecule has 8 heteroatoms. The van der Waals surface area contributed by atoms with Gasteiger partial charge in [-0.25, -0.2) is 8.42 Å². The van der Waals surface area contributed by atoms with Crippen LogP contribution in [0.5, 0.6) is 11.5 Å². The van der Waals surface area contributed by atoms with Crippen LogP contribution < -0.4 is 14.2 Å². The second kappa shape index (κ2) is 9.54. The highest BCUT2D eigenvalue weighted by Crippen LogP contribution is 2.31. The Bertz CT molecular complexity index is 1240. The van der Waals surface area contributed by atoms with E-state index in [4.69, 9.17) is 9.47 Å². The van der Waals surface area contributed by atoms with Gasteiger partial charge in [0, 0.05) is 24.3 Å². The summed E-state index contributed by atoms with van der Waals surface area (Å²) in [6, 6.07) is 18.7. The fourth-order valence-electron chi connectivity index (χ4n) is 3.53. The molecule has 1 aliphatic heterocycles. The zero-order valence-corrected chi connectivity index (χ0v) is 19.4. The molecule has 33 heavy (non-hydrogen) atoms. The molecule has 1 amide bonds. The largest absolute Gasteiger partial charge is 0.486 e. The van der Waals surface area contributed by atoms with Crippen LogP contribution in [0, 0.1) is 6.92 Å². The number of ether oxygens (including phenoxy) is 2. The Morgan fingerprint density at radius 3 is 2.27 bits per heavy atom. The highest BCUT2D eigenvalue weighted by atomic mass is 32.2. The third-order valence-corrected chi connectivity index (χ3v) is 6.76. The zero-order valence-electron chi connectivity index (χ0n) is 18.6. The Kier molecular flexibility index (Phi) is 6.55. The van der Waals surface area contributed by atoms with E-state index >= 15 is 0 Å². The van der Waals surface area contributed by atoms with Gasteiger partial charge in [-0.3, -0.25) is 9.52 Å². The average Bonchev–Trinajstić information content (AvgIpc) is 2.83. The Labute approximate surface area is 194 Å². The molecule has 3 aromatic rings. The van der Waals surface area contributed by atoms with Crippen LogP contribution >= 0.6 is 0 Å². The standard InChI is InChI=1S/C25H26N2O5S/c1-3-27(17-19-6-13-23-24(16-19)32-15-14-31-23)25(28)20-7-11-22(12-8-20)33(29,30)26-21-9-4-18(2)5-10-21/h4-13,16,26H,3,14-15,17H2,1-2H3. The molecule has 172 valence electrons. The summed E-state index contributed by atoms with van der Waals surface area (Å²) < 4.78 is 39.1. The zero-order chi connectivity index (χ0) is 23.4. The fourth-order valence-corrected chi connectivity index (χ4v) is 4.59. The third-order valence-electron chi connectivity index (χ3n) is 5.36. The van der Waals surface area contributed by atoms with Crippen LogP contribution in [0.4, 0.5) is 5.69 Å². The van der Waals surface area contributed by atoms with Crippen LogP contribution in [-0.4, -0.2) is 39.0 Å². The maximum Gasteiger partial charge on any atom is 0.261 e. The summed E-state index contributed by atoms with van der Waals surface area (Å²) >= 11 is 0. The number of benzene rings is 3. The van der Waals surface area contributed by atoms with Gasteiger partial charge in [0.25, 0.3) is 15.9 Å². The molecule has 0 saturated carbocycles. The van der Waals surface area contributed by atoms with Crippen molar-refractivity contribution >= 4 is 21.6 Å². The fraction of sp³-hybridized carbons (Fsp3) is 0.240. The van der Waals surface area contributed by atoms with Crippen molar-refractivity contribution in [2.75, 3.05) is 24.5 Å². The van der Waals surface area contributed by atoms with Gasteiger partial charge >= 0.3 is 0 Å². The van der Waals surface area contributed by atoms with Crippen LogP contribution in [-0.2, 0) is 16.6 Å². The van der Waals surface area contributed by atoms with Gasteiger partial charge in [0.2, 0.25) is 0 Å². The summed E-state index contributed by atoms with van der Waals surface area (Å²) in [5.74, 6) is 1.20. The van der Waals surface area contributed by atoms with E-state index in [0.29, 0.717) is 49.1 Å². The second-order valence-corrected chi connectivity index (χ2v) is 9.48. The first kappa shape index (κ1) is 22.7. The molecule has 0 aromatic heterocycles. The van der Waals surface area contributed by atoms with Gasteiger partial charge in [0.15, 0.2) is 11.5 Å². The number of sulfonamides is 1. The number of carbonyl (C=O) groups is 1. The van der Waals surface area contributed by atoms with Gasteiger partial charge in [-0.2, -0.15) is 0 Å². The van der Waals surface area contributed by atoms with Crippen LogP contribution in [0.1, 0.15) is 28.4 Å². The van der Waals surface area contributed by atoms with Crippen molar-refractivity contribution in [3.05, 3.63) is 83.4 Å². The monoisotopic (exact) mass is 466 g/mol. The summed E-state index contributed by atoms with van der Waals surface area (Å²) in [6.45, 7) is 5.77. The molecule has 1 aliphatic rings. The van der Waals surface area contributed by atoms with Crippen LogP contribution in [0.2, 0.25) is 0 Å². The molecule has 1 N–H and O–H groups in total. The lowest BCUT2D eigenvalue weighted by Gasteiger charge is -2.23. The molecule has 3 aromatic carbocycles. The van der Waals surface area contributed by atoms with Crippen molar-refractivity contribution in [2.24, 2.45) is 0 Å². The third kappa shape index (κ3) is 5.28. The highest BCUT2D eigenvalue weighted by Gasteiger charge is 2.19. The number of anilines is 1. The number of nitrogens with zero attached hydrogens (tertiary/aromatic N) is 1. The smallest absolute Gasteiger partial charge is 0.261 e. The van der Waals surface area contributed by atoms with Crippen molar-refractivity contribution in [1.82, 2.24) is 4.90 Å². The minimum absolute atomic E-state index is 0.0921. The molecule has 0 fully saturated rings. The summed E-state index contributed by atoms with van der Waals surface area (Å²) in [7, 11) is -3.75. The van der Waals surface area contributed by atoms with Crippen molar-refractivity contribution in [2.45, 2.75) is 25.3 Å². The first-order chi connectivity index (χ1) is 15.9. The Morgan fingerprint density at radius 1 is 0.939 bits per heavy atom. The number of carbonyl (C=O) groups excluding carboxylic acids is 1. The van der Waals surface area contributed by atoms with Gasteiger partial charge in [-0.05, 0) is 67.9 Å². The van der Waals surface area contributed by atoms with E-state index in [2.05, 4.69) is 4.72 Å². The van der Waals surface area contributed by atoms with Crippen molar-refractivity contribution < 1.29 is 22.7 Å². The van der Waals surface area contributed by atoms with E-state index in [1.54, 1.807) is 29.2 Å². The maximum absolute atomic E-state index is 13.1. The number of rotatable bonds is 7. The molecule has 0 spiro atoms. The van der Waals surface area contributed by atoms with Crippen molar-refractivity contribution in [3.8, 4) is 11.5 Å². The molecule has 7 nitrogen and oxygen atoms in total. The molecular formula is C25H26N2O5S. The lowest BCUT2D eigenvalue weighted by Crippen LogP contribution is -2.30. The minimum Gasteiger partial charge on any atom is -0.486 e. The van der Waals surface area contributed by atoms with Gasteiger partial charge in [-0.15, -0.1) is 0 Å². The van der Waals surface area contributed by atoms with Crippen LogP contribution in [0.25, 0.3) is 0 Å². The number of aryl methyl sites for hydroxylation is 1. The van der Waals surface area contributed by atoms with Crippen molar-refractivity contribution in [3.63, 3.8) is 0 Å². The first-order valence-electron chi connectivity index (χ1n) is 10.7. The van der Waals surface area contributed by atoms with Gasteiger partial charge in [0.1, 0.15) is 13.2 Å². The van der Waals surface area contributed by atoms with E-state index in [0.717, 1.165) is 11.1 Å². The van der Waals surface area contributed by atoms with E-state index < -0.39 is 10.0 Å². The molecule has 0 radical (unpaired) electrons. The summed E-state index contributed by atoms with van der Waals surface area (Å²) in [4.78, 5) is 14.8. The Balaban J connectivity index is 1.46. The summed E-state index contributed by atoms with van der Waals surface area (Å²) in [5, 5.41) is 0. The maximum atomic E-state index is 13.1. The summed E-state index contributed by atoms with van der Waals surface area (Å²) in [6.07, 6.45) is 0. The van der Waals surface area contributed by atoms with Gasteiger partial charge in [-0.1, -0.05) is 23.8 Å². The summed E-state index contributed by atoms with van der Waals surface area (Å²) in [5.41, 5.74) is 2.87. The molecule has 0 unspecified atom stereocenters. The van der Waals surface area contributed by atoms with Gasteiger partial charge < -0.3 is 14.4 Å². The molecule has 1 heterocycles. The number of nitrogens with one attached hydrogen (secondary N) is 1. The quantitative estimate of drug-likeness (QED) is 0.563. The average molecular weight is 467 g/mol. The Morgan fingerprint density at radius 2 is 1.61 bits per heavy atom. The molecule has 0 aliphatic carbocycles. The van der Waals surface area contributed by atoms with E-state index in [1.807, 2.05) is 44.2 Å². The highest BCUT2D eigenvalue weighted by molar-refractivity contribution is 7.92. The topological polar surface area (TPSA) is 84.9 Å². The van der Waals surface area contributed by atoms with Crippen LogP contribution in [0.3, 0.4) is 0 Å². The predicted octanol–water partition coefficient (Wildman–Crippen LogP) is 4.23. The SMILES string of the molecule is CCN(Cc1ccc2c(c1)OCCO2)C(=O)c1ccc(S(=O)(=O)Nc2ccc(C)cc2)cc1.